The largest absolute Gasteiger partial charge is 0.0619 e. The zero-order valence-electron chi connectivity index (χ0n) is 32.5. The molecule has 0 bridgehead atoms. The number of allylic oxidation sites excluding steroid dienone is 2. The first kappa shape index (κ1) is 33.9. The molecule has 0 aromatic heterocycles. The molecule has 0 radical (unpaired) electrons. The van der Waals surface area contributed by atoms with E-state index in [9.17, 15) is 0 Å². The minimum atomic E-state index is -0.0662. The third-order valence-corrected chi connectivity index (χ3v) is 12.0. The Morgan fingerprint density at radius 1 is 0.385 bits per heavy atom. The van der Waals surface area contributed by atoms with Gasteiger partial charge in [0.1, 0.15) is 0 Å². The minimum absolute atomic E-state index is 0.0662. The maximum atomic E-state index is 2.47. The zero-order valence-corrected chi connectivity index (χ0v) is 32.5. The average molecular weight is 675 g/mol. The predicted molar refractivity (Wildman–Crippen MR) is 225 cm³/mol. The van der Waals surface area contributed by atoms with E-state index >= 15 is 0 Å². The summed E-state index contributed by atoms with van der Waals surface area (Å²) in [5, 5.41) is 0. The summed E-state index contributed by atoms with van der Waals surface area (Å²) in [4.78, 5) is 0. The lowest BCUT2D eigenvalue weighted by molar-refractivity contribution is 0.660. The second kappa shape index (κ2) is 12.2. The Kier molecular flexibility index (Phi) is 7.96. The molecule has 2 aliphatic rings. The molecule has 0 N–H and O–H groups in total. The molecule has 6 aromatic rings. The van der Waals surface area contributed by atoms with Gasteiger partial charge in [-0.25, -0.2) is 0 Å². The lowest BCUT2D eigenvalue weighted by Gasteiger charge is -2.24. The lowest BCUT2D eigenvalue weighted by Crippen LogP contribution is -2.15. The normalized spacial score (nSPS) is 15.3. The average Bonchev–Trinajstić information content (AvgIpc) is 3.46. The van der Waals surface area contributed by atoms with Gasteiger partial charge in [0.2, 0.25) is 0 Å². The first-order valence-corrected chi connectivity index (χ1v) is 18.8. The van der Waals surface area contributed by atoms with Crippen molar-refractivity contribution in [3.8, 4) is 22.3 Å². The number of rotatable bonds is 5. The SMILES string of the molecule is Cc1cc(C)c(C(=C\c2ccc3c(c2)C(C)(C)c2ccccc2-3)/C(=C\c2ccc3c(c2)C(C)(C)c2ccccc2-3)c2c(C)cc(C)cc2C)c(C)c1. The van der Waals surface area contributed by atoms with Crippen molar-refractivity contribution in [3.05, 3.63) is 187 Å². The highest BCUT2D eigenvalue weighted by Crippen LogP contribution is 2.51. The molecule has 0 saturated heterocycles. The minimum Gasteiger partial charge on any atom is -0.0619 e. The van der Waals surface area contributed by atoms with Crippen LogP contribution >= 0.6 is 0 Å². The fourth-order valence-corrected chi connectivity index (χ4v) is 9.74. The van der Waals surface area contributed by atoms with Gasteiger partial charge in [-0.05, 0) is 154 Å². The molecule has 258 valence electrons. The van der Waals surface area contributed by atoms with Crippen LogP contribution in [-0.4, -0.2) is 0 Å². The molecular formula is C52H50. The Labute approximate surface area is 311 Å². The predicted octanol–water partition coefficient (Wildman–Crippen LogP) is 13.9. The van der Waals surface area contributed by atoms with Gasteiger partial charge in [0.05, 0.1) is 0 Å². The third-order valence-electron chi connectivity index (χ3n) is 12.0. The number of fused-ring (bicyclic) bond motifs is 6. The maximum absolute atomic E-state index is 2.47. The lowest BCUT2D eigenvalue weighted by atomic mass is 9.79. The number of hydrogen-bond acceptors (Lipinski definition) is 0. The molecule has 52 heavy (non-hydrogen) atoms. The topological polar surface area (TPSA) is 0 Å². The highest BCUT2D eigenvalue weighted by atomic mass is 14.4. The van der Waals surface area contributed by atoms with Crippen LogP contribution in [0.25, 0.3) is 45.6 Å². The van der Waals surface area contributed by atoms with Crippen molar-refractivity contribution in [1.82, 2.24) is 0 Å². The maximum Gasteiger partial charge on any atom is 0.0159 e. The highest BCUT2D eigenvalue weighted by molar-refractivity contribution is 6.17. The number of aryl methyl sites for hydroxylation is 6. The Hall–Kier alpha value is -5.20. The Balaban J connectivity index is 1.40. The molecule has 0 heteroatoms. The van der Waals surface area contributed by atoms with Crippen molar-refractivity contribution in [2.45, 2.75) is 80.1 Å². The van der Waals surface area contributed by atoms with E-state index in [2.05, 4.69) is 191 Å². The zero-order chi connectivity index (χ0) is 36.7. The summed E-state index contributed by atoms with van der Waals surface area (Å²) in [5.41, 5.74) is 26.3. The Bertz CT molecular complexity index is 2280. The van der Waals surface area contributed by atoms with Crippen LogP contribution in [0.5, 0.6) is 0 Å². The molecular weight excluding hydrogens is 625 g/mol. The Morgan fingerprint density at radius 3 is 1.08 bits per heavy atom. The van der Waals surface area contributed by atoms with Gasteiger partial charge in [-0.1, -0.05) is 148 Å². The molecule has 0 unspecified atom stereocenters. The molecule has 6 aromatic carbocycles. The second-order valence-corrected chi connectivity index (χ2v) is 16.6. The van der Waals surface area contributed by atoms with Crippen molar-refractivity contribution in [1.29, 1.82) is 0 Å². The summed E-state index contributed by atoms with van der Waals surface area (Å²) in [7, 11) is 0. The second-order valence-electron chi connectivity index (χ2n) is 16.6. The fraction of sp³-hybridized carbons (Fsp3) is 0.231. The van der Waals surface area contributed by atoms with Crippen molar-refractivity contribution >= 4 is 23.3 Å². The standard InChI is InChI=1S/C52H50/c1-31-23-33(3)49(34(4)24-31)43(27-37-19-21-41-39-15-11-13-17-45(39)51(7,8)47(41)29-37)44(50-35(5)25-32(2)26-36(50)6)28-38-20-22-42-40-16-12-14-18-46(40)52(9,10)48(42)30-38/h11-30H,1-10H3/b43-27-,44-28+. The van der Waals surface area contributed by atoms with E-state index in [1.165, 1.54) is 111 Å². The van der Waals surface area contributed by atoms with Crippen LogP contribution in [-0.2, 0) is 10.8 Å². The van der Waals surface area contributed by atoms with E-state index in [0.29, 0.717) is 0 Å². The van der Waals surface area contributed by atoms with Crippen LogP contribution in [0.4, 0.5) is 0 Å². The monoisotopic (exact) mass is 674 g/mol. The quantitative estimate of drug-likeness (QED) is 0.126. The molecule has 0 heterocycles. The van der Waals surface area contributed by atoms with Crippen LogP contribution in [0, 0.1) is 41.5 Å². The Morgan fingerprint density at radius 2 is 0.712 bits per heavy atom. The summed E-state index contributed by atoms with van der Waals surface area (Å²) >= 11 is 0. The molecule has 0 fully saturated rings. The molecule has 0 nitrogen and oxygen atoms in total. The van der Waals surface area contributed by atoms with Gasteiger partial charge >= 0.3 is 0 Å². The summed E-state index contributed by atoms with van der Waals surface area (Å²) < 4.78 is 0. The fourth-order valence-electron chi connectivity index (χ4n) is 9.74. The van der Waals surface area contributed by atoms with Crippen LogP contribution < -0.4 is 0 Å². The van der Waals surface area contributed by atoms with E-state index < -0.39 is 0 Å². The molecule has 0 atom stereocenters. The molecule has 0 spiro atoms. The van der Waals surface area contributed by atoms with Crippen molar-refractivity contribution in [2.24, 2.45) is 0 Å². The molecule has 8 rings (SSSR count). The summed E-state index contributed by atoms with van der Waals surface area (Å²) in [6.07, 6.45) is 4.95. The smallest absolute Gasteiger partial charge is 0.0159 e. The number of benzene rings is 6. The van der Waals surface area contributed by atoms with Gasteiger partial charge in [-0.2, -0.15) is 0 Å². The van der Waals surface area contributed by atoms with Gasteiger partial charge in [-0.15, -0.1) is 0 Å². The molecule has 0 amide bonds. The first-order chi connectivity index (χ1) is 24.8. The van der Waals surface area contributed by atoms with Gasteiger partial charge in [-0.3, -0.25) is 0 Å². The first-order valence-electron chi connectivity index (χ1n) is 18.8. The van der Waals surface area contributed by atoms with Gasteiger partial charge < -0.3 is 0 Å². The van der Waals surface area contributed by atoms with E-state index in [-0.39, 0.29) is 10.8 Å². The third kappa shape index (κ3) is 5.35. The molecule has 0 aliphatic heterocycles. The highest BCUT2D eigenvalue weighted by Gasteiger charge is 2.36. The summed E-state index contributed by atoms with van der Waals surface area (Å²) in [5.74, 6) is 0. The van der Waals surface area contributed by atoms with Crippen molar-refractivity contribution in [3.63, 3.8) is 0 Å². The van der Waals surface area contributed by atoms with Gasteiger partial charge in [0.15, 0.2) is 0 Å². The van der Waals surface area contributed by atoms with Gasteiger partial charge in [0, 0.05) is 10.8 Å². The van der Waals surface area contributed by atoms with E-state index in [4.69, 9.17) is 0 Å². The van der Waals surface area contributed by atoms with E-state index in [1.807, 2.05) is 0 Å². The van der Waals surface area contributed by atoms with Crippen molar-refractivity contribution in [2.75, 3.05) is 0 Å². The number of hydrogen-bond donors (Lipinski definition) is 0. The van der Waals surface area contributed by atoms with Crippen LogP contribution in [0.1, 0.15) is 106 Å². The molecule has 2 aliphatic carbocycles. The van der Waals surface area contributed by atoms with Crippen molar-refractivity contribution < 1.29 is 0 Å². The van der Waals surface area contributed by atoms with Crippen LogP contribution in [0.2, 0.25) is 0 Å². The van der Waals surface area contributed by atoms with E-state index in [1.54, 1.807) is 0 Å². The van der Waals surface area contributed by atoms with Crippen LogP contribution in [0.3, 0.4) is 0 Å². The van der Waals surface area contributed by atoms with Crippen LogP contribution in [0.15, 0.2) is 109 Å². The summed E-state index contributed by atoms with van der Waals surface area (Å²) in [6, 6.07) is 41.5. The molecule has 0 saturated carbocycles. The van der Waals surface area contributed by atoms with E-state index in [0.717, 1.165) is 0 Å². The van der Waals surface area contributed by atoms with Gasteiger partial charge in [0.25, 0.3) is 0 Å². The summed E-state index contributed by atoms with van der Waals surface area (Å²) in [6.45, 7) is 23.1.